The molecule has 1 fully saturated rings. The number of benzene rings is 1. The third-order valence-electron chi connectivity index (χ3n) is 3.44. The maximum atomic E-state index is 12.3. The van der Waals surface area contributed by atoms with Crippen LogP contribution < -0.4 is 5.32 Å². The Balaban J connectivity index is 0.00000200. The van der Waals surface area contributed by atoms with Gasteiger partial charge in [-0.1, -0.05) is 0 Å². The molecule has 110 valence electrons. The molecule has 0 saturated carbocycles. The summed E-state index contributed by atoms with van der Waals surface area (Å²) in [5.74, 6) is -0.0603. The molecule has 1 aliphatic rings. The molecule has 2 rings (SSSR count). The van der Waals surface area contributed by atoms with E-state index in [9.17, 15) is 14.9 Å². The van der Waals surface area contributed by atoms with Crippen molar-refractivity contribution in [1.82, 2.24) is 10.2 Å². The second-order valence-electron chi connectivity index (χ2n) is 4.68. The van der Waals surface area contributed by atoms with E-state index in [1.807, 2.05) is 7.05 Å². The predicted octanol–water partition coefficient (Wildman–Crippen LogP) is 1.84. The number of nitro benzene ring substituents is 1. The zero-order valence-corrected chi connectivity index (χ0v) is 12.1. The van der Waals surface area contributed by atoms with Crippen LogP contribution in [0.4, 0.5) is 5.69 Å². The summed E-state index contributed by atoms with van der Waals surface area (Å²) < 4.78 is 0. The molecule has 1 amide bonds. The molecular weight excluding hydrogens is 282 g/mol. The fourth-order valence-electron chi connectivity index (χ4n) is 2.31. The molecule has 0 bridgehead atoms. The van der Waals surface area contributed by atoms with E-state index in [4.69, 9.17) is 0 Å². The van der Waals surface area contributed by atoms with Crippen LogP contribution in [0.3, 0.4) is 0 Å². The van der Waals surface area contributed by atoms with Gasteiger partial charge in [0.2, 0.25) is 0 Å². The van der Waals surface area contributed by atoms with Crippen molar-refractivity contribution in [1.29, 1.82) is 0 Å². The number of carbonyl (C=O) groups is 1. The Morgan fingerprint density at radius 2 is 2.05 bits per heavy atom. The molecule has 1 N–H and O–H groups in total. The van der Waals surface area contributed by atoms with E-state index >= 15 is 0 Å². The van der Waals surface area contributed by atoms with Gasteiger partial charge in [0.15, 0.2) is 0 Å². The lowest BCUT2D eigenvalue weighted by Crippen LogP contribution is -2.46. The molecular formula is C13H18ClN3O3. The van der Waals surface area contributed by atoms with Gasteiger partial charge >= 0.3 is 0 Å². The van der Waals surface area contributed by atoms with Crippen LogP contribution in [0.25, 0.3) is 0 Å². The van der Waals surface area contributed by atoms with Crippen molar-refractivity contribution in [3.8, 4) is 0 Å². The normalized spacial score (nSPS) is 18.2. The van der Waals surface area contributed by atoms with Gasteiger partial charge in [-0.05, 0) is 32.0 Å². The van der Waals surface area contributed by atoms with Gasteiger partial charge in [0, 0.05) is 36.8 Å². The molecule has 7 heteroatoms. The summed E-state index contributed by atoms with van der Waals surface area (Å²) in [6.07, 6.45) is 2.05. The minimum absolute atomic E-state index is 0. The summed E-state index contributed by atoms with van der Waals surface area (Å²) in [7, 11) is 1.89. The second-order valence-corrected chi connectivity index (χ2v) is 4.68. The van der Waals surface area contributed by atoms with Crippen LogP contribution in [0.1, 0.15) is 23.2 Å². The number of nitro groups is 1. The average molecular weight is 300 g/mol. The zero-order valence-electron chi connectivity index (χ0n) is 11.2. The topological polar surface area (TPSA) is 75.5 Å². The van der Waals surface area contributed by atoms with Gasteiger partial charge in [-0.15, -0.1) is 12.4 Å². The van der Waals surface area contributed by atoms with Crippen molar-refractivity contribution >= 4 is 24.0 Å². The minimum atomic E-state index is -0.466. The van der Waals surface area contributed by atoms with E-state index in [1.54, 1.807) is 4.90 Å². The first-order valence-electron chi connectivity index (χ1n) is 6.33. The van der Waals surface area contributed by atoms with Crippen LogP contribution in [0.15, 0.2) is 24.3 Å². The van der Waals surface area contributed by atoms with Crippen LogP contribution in [0, 0.1) is 10.1 Å². The highest BCUT2D eigenvalue weighted by molar-refractivity contribution is 5.94. The Bertz CT molecular complexity index is 478. The molecule has 6 nitrogen and oxygen atoms in total. The molecule has 20 heavy (non-hydrogen) atoms. The SMILES string of the molecule is CNC1CCCN(C(=O)c2ccc([N+](=O)[O-])cc2)C1.Cl. The molecule has 1 aromatic carbocycles. The summed E-state index contributed by atoms with van der Waals surface area (Å²) in [5.41, 5.74) is 0.505. The van der Waals surface area contributed by atoms with Gasteiger partial charge < -0.3 is 10.2 Å². The van der Waals surface area contributed by atoms with Crippen LogP contribution in [-0.4, -0.2) is 41.9 Å². The van der Waals surface area contributed by atoms with E-state index in [0.29, 0.717) is 18.2 Å². The first-order valence-corrected chi connectivity index (χ1v) is 6.33. The largest absolute Gasteiger partial charge is 0.337 e. The van der Waals surface area contributed by atoms with E-state index in [1.165, 1.54) is 24.3 Å². The number of likely N-dealkylation sites (N-methyl/N-ethyl adjacent to an activating group) is 1. The smallest absolute Gasteiger partial charge is 0.269 e. The number of carbonyl (C=O) groups excluding carboxylic acids is 1. The van der Waals surface area contributed by atoms with Crippen molar-refractivity contribution in [3.05, 3.63) is 39.9 Å². The third kappa shape index (κ3) is 3.68. The highest BCUT2D eigenvalue weighted by Gasteiger charge is 2.23. The van der Waals surface area contributed by atoms with Crippen molar-refractivity contribution in [2.45, 2.75) is 18.9 Å². The lowest BCUT2D eigenvalue weighted by molar-refractivity contribution is -0.384. The second kappa shape index (κ2) is 7.21. The number of non-ortho nitro benzene ring substituents is 1. The average Bonchev–Trinajstić information content (AvgIpc) is 2.46. The molecule has 1 heterocycles. The first kappa shape index (κ1) is 16.4. The van der Waals surface area contributed by atoms with Crippen molar-refractivity contribution in [3.63, 3.8) is 0 Å². The molecule has 0 radical (unpaired) electrons. The highest BCUT2D eigenvalue weighted by atomic mass is 35.5. The molecule has 1 aromatic rings. The molecule has 1 saturated heterocycles. The van der Waals surface area contributed by atoms with E-state index in [-0.39, 0.29) is 24.0 Å². The fourth-order valence-corrected chi connectivity index (χ4v) is 2.31. The maximum Gasteiger partial charge on any atom is 0.269 e. The van der Waals surface area contributed by atoms with Gasteiger partial charge in [0.1, 0.15) is 0 Å². The van der Waals surface area contributed by atoms with Gasteiger partial charge in [-0.2, -0.15) is 0 Å². The number of piperidine rings is 1. The molecule has 1 aliphatic heterocycles. The molecule has 1 atom stereocenters. The van der Waals surface area contributed by atoms with Crippen molar-refractivity contribution < 1.29 is 9.72 Å². The Hall–Kier alpha value is -1.66. The minimum Gasteiger partial charge on any atom is -0.337 e. The predicted molar refractivity (Wildman–Crippen MR) is 78.3 cm³/mol. The van der Waals surface area contributed by atoms with Gasteiger partial charge in [-0.3, -0.25) is 14.9 Å². The van der Waals surface area contributed by atoms with E-state index in [2.05, 4.69) is 5.32 Å². The van der Waals surface area contributed by atoms with Gasteiger partial charge in [-0.25, -0.2) is 0 Å². The van der Waals surface area contributed by atoms with Crippen LogP contribution >= 0.6 is 12.4 Å². The molecule has 0 aliphatic carbocycles. The molecule has 0 aromatic heterocycles. The molecule has 1 unspecified atom stereocenters. The Morgan fingerprint density at radius 3 is 2.60 bits per heavy atom. The van der Waals surface area contributed by atoms with Crippen molar-refractivity contribution in [2.24, 2.45) is 0 Å². The lowest BCUT2D eigenvalue weighted by atomic mass is 10.0. The lowest BCUT2D eigenvalue weighted by Gasteiger charge is -2.32. The monoisotopic (exact) mass is 299 g/mol. The Labute approximate surface area is 123 Å². The quantitative estimate of drug-likeness (QED) is 0.682. The van der Waals surface area contributed by atoms with Gasteiger partial charge in [0.25, 0.3) is 11.6 Å². The first-order chi connectivity index (χ1) is 9.11. The Kier molecular flexibility index (Phi) is 5.91. The number of nitrogens with one attached hydrogen (secondary N) is 1. The fraction of sp³-hybridized carbons (Fsp3) is 0.462. The van der Waals surface area contributed by atoms with Crippen LogP contribution in [0.2, 0.25) is 0 Å². The Morgan fingerprint density at radius 1 is 1.40 bits per heavy atom. The number of rotatable bonds is 3. The number of likely N-dealkylation sites (tertiary alicyclic amines) is 1. The number of nitrogens with zero attached hydrogens (tertiary/aromatic N) is 2. The summed E-state index contributed by atoms with van der Waals surface area (Å²) >= 11 is 0. The molecule has 0 spiro atoms. The highest BCUT2D eigenvalue weighted by Crippen LogP contribution is 2.16. The number of hydrogen-bond donors (Lipinski definition) is 1. The summed E-state index contributed by atoms with van der Waals surface area (Å²) in [4.78, 5) is 24.2. The van der Waals surface area contributed by atoms with Crippen LogP contribution in [0.5, 0.6) is 0 Å². The standard InChI is InChI=1S/C13H17N3O3.ClH/c1-14-11-3-2-8-15(9-11)13(17)10-4-6-12(7-5-10)16(18)19;/h4-7,11,14H,2-3,8-9H2,1H3;1H. The third-order valence-corrected chi connectivity index (χ3v) is 3.44. The zero-order chi connectivity index (χ0) is 13.8. The van der Waals surface area contributed by atoms with E-state index < -0.39 is 4.92 Å². The summed E-state index contributed by atoms with van der Waals surface area (Å²) in [5, 5.41) is 13.7. The van der Waals surface area contributed by atoms with E-state index in [0.717, 1.165) is 19.4 Å². The number of amides is 1. The summed E-state index contributed by atoms with van der Waals surface area (Å²) in [6.45, 7) is 1.43. The summed E-state index contributed by atoms with van der Waals surface area (Å²) in [6, 6.07) is 6.10. The number of halogens is 1. The van der Waals surface area contributed by atoms with Crippen LogP contribution in [-0.2, 0) is 0 Å². The van der Waals surface area contributed by atoms with Gasteiger partial charge in [0.05, 0.1) is 4.92 Å². The number of hydrogen-bond acceptors (Lipinski definition) is 4. The maximum absolute atomic E-state index is 12.3. The van der Waals surface area contributed by atoms with Crippen molar-refractivity contribution in [2.75, 3.05) is 20.1 Å².